The highest BCUT2D eigenvalue weighted by atomic mass is 16.6. The lowest BCUT2D eigenvalue weighted by atomic mass is 9.87. The van der Waals surface area contributed by atoms with Crippen molar-refractivity contribution in [1.82, 2.24) is 10.2 Å². The fourth-order valence-corrected chi connectivity index (χ4v) is 2.88. The maximum Gasteiger partial charge on any atom is 0.410 e. The van der Waals surface area contributed by atoms with Gasteiger partial charge in [0.25, 0.3) is 0 Å². The van der Waals surface area contributed by atoms with Crippen LogP contribution in [0.1, 0.15) is 67.2 Å². The first-order valence-electron chi connectivity index (χ1n) is 8.66. The van der Waals surface area contributed by atoms with Crippen LogP contribution in [0.5, 0.6) is 0 Å². The minimum absolute atomic E-state index is 0.0870. The number of rotatable bonds is 5. The highest BCUT2D eigenvalue weighted by Gasteiger charge is 2.34. The maximum atomic E-state index is 12.4. The molecule has 1 rings (SSSR count). The van der Waals surface area contributed by atoms with Crippen molar-refractivity contribution in [3.05, 3.63) is 0 Å². The normalized spacial score (nSPS) is 22.6. The third kappa shape index (κ3) is 6.78. The van der Waals surface area contributed by atoms with Crippen molar-refractivity contribution in [2.24, 2.45) is 5.41 Å². The smallest absolute Gasteiger partial charge is 0.410 e. The summed E-state index contributed by atoms with van der Waals surface area (Å²) in [6.07, 6.45) is 3.29. The Morgan fingerprint density at radius 1 is 1.35 bits per heavy atom. The Bertz CT molecular complexity index is 435. The van der Waals surface area contributed by atoms with Gasteiger partial charge in [-0.2, -0.15) is 5.26 Å². The Kier molecular flexibility index (Phi) is 6.88. The van der Waals surface area contributed by atoms with Crippen LogP contribution in [0.3, 0.4) is 0 Å². The maximum absolute atomic E-state index is 12.4. The highest BCUT2D eigenvalue weighted by molar-refractivity contribution is 5.68. The van der Waals surface area contributed by atoms with Gasteiger partial charge in [-0.05, 0) is 52.4 Å². The topological polar surface area (TPSA) is 65.4 Å². The van der Waals surface area contributed by atoms with Gasteiger partial charge >= 0.3 is 6.09 Å². The van der Waals surface area contributed by atoms with Gasteiger partial charge in [-0.15, -0.1) is 0 Å². The summed E-state index contributed by atoms with van der Waals surface area (Å²) in [5, 5.41) is 12.4. The third-order valence-electron chi connectivity index (χ3n) is 4.37. The van der Waals surface area contributed by atoms with Gasteiger partial charge in [-0.25, -0.2) is 4.79 Å². The molecule has 0 radical (unpaired) electrons. The average molecular weight is 323 g/mol. The third-order valence-corrected chi connectivity index (χ3v) is 4.37. The first kappa shape index (κ1) is 19.8. The molecule has 1 amide bonds. The van der Waals surface area contributed by atoms with Gasteiger partial charge in [0.2, 0.25) is 0 Å². The summed E-state index contributed by atoms with van der Waals surface area (Å²) >= 11 is 0. The van der Waals surface area contributed by atoms with Crippen LogP contribution in [0, 0.1) is 16.7 Å². The van der Waals surface area contributed by atoms with E-state index in [1.165, 1.54) is 0 Å². The van der Waals surface area contributed by atoms with E-state index >= 15 is 0 Å². The predicted octanol–water partition coefficient (Wildman–Crippen LogP) is 3.69. The second-order valence-corrected chi connectivity index (χ2v) is 8.37. The molecule has 1 saturated heterocycles. The van der Waals surface area contributed by atoms with E-state index in [0.29, 0.717) is 6.42 Å². The second-order valence-electron chi connectivity index (χ2n) is 8.37. The zero-order valence-electron chi connectivity index (χ0n) is 15.6. The van der Waals surface area contributed by atoms with Gasteiger partial charge in [0, 0.05) is 31.6 Å². The van der Waals surface area contributed by atoms with Gasteiger partial charge in [0.15, 0.2) is 0 Å². The molecule has 1 aliphatic rings. The van der Waals surface area contributed by atoms with E-state index in [1.54, 1.807) is 0 Å². The quantitative estimate of drug-likeness (QED) is 0.838. The molecule has 0 aromatic rings. The molecule has 2 atom stereocenters. The SMILES string of the molecule is CC1C(NCC(C)(C)CCC#N)CCCN1C(=O)OC(C)(C)C. The molecule has 1 aliphatic heterocycles. The molecule has 1 N–H and O–H groups in total. The minimum Gasteiger partial charge on any atom is -0.444 e. The number of carbonyl (C=O) groups excluding carboxylic acids is 1. The zero-order valence-corrected chi connectivity index (χ0v) is 15.6. The zero-order chi connectivity index (χ0) is 17.7. The molecule has 1 fully saturated rings. The van der Waals surface area contributed by atoms with Gasteiger partial charge < -0.3 is 15.0 Å². The molecule has 132 valence electrons. The standard InChI is InChI=1S/C18H33N3O2/c1-14-15(20-13-18(5,6)10-8-11-19)9-7-12-21(14)16(22)23-17(2,3)4/h14-15,20H,7-10,12-13H2,1-6H3. The van der Waals surface area contributed by atoms with E-state index in [0.717, 1.165) is 32.4 Å². The number of likely N-dealkylation sites (tertiary alicyclic amines) is 1. The second kappa shape index (κ2) is 8.01. The molecule has 0 bridgehead atoms. The molecule has 0 aliphatic carbocycles. The summed E-state index contributed by atoms with van der Waals surface area (Å²) in [5.74, 6) is 0. The lowest BCUT2D eigenvalue weighted by Gasteiger charge is -2.41. The fourth-order valence-electron chi connectivity index (χ4n) is 2.88. The monoisotopic (exact) mass is 323 g/mol. The molecule has 0 saturated carbocycles. The Labute approximate surface area is 141 Å². The van der Waals surface area contributed by atoms with Crippen LogP contribution >= 0.6 is 0 Å². The van der Waals surface area contributed by atoms with Crippen molar-refractivity contribution in [3.8, 4) is 6.07 Å². The van der Waals surface area contributed by atoms with E-state index < -0.39 is 5.60 Å². The van der Waals surface area contributed by atoms with Crippen LogP contribution in [0.4, 0.5) is 4.79 Å². The lowest BCUT2D eigenvalue weighted by Crippen LogP contribution is -2.56. The molecule has 0 spiro atoms. The van der Waals surface area contributed by atoms with E-state index in [9.17, 15) is 4.79 Å². The average Bonchev–Trinajstić information content (AvgIpc) is 2.42. The molecular formula is C18H33N3O2. The van der Waals surface area contributed by atoms with Crippen LogP contribution in [0.2, 0.25) is 0 Å². The molecule has 5 heteroatoms. The summed E-state index contributed by atoms with van der Waals surface area (Å²) in [6, 6.07) is 2.61. The number of hydrogen-bond donors (Lipinski definition) is 1. The molecular weight excluding hydrogens is 290 g/mol. The molecule has 1 heterocycles. The molecule has 0 aromatic carbocycles. The van der Waals surface area contributed by atoms with Crippen molar-refractivity contribution in [2.45, 2.75) is 84.9 Å². The lowest BCUT2D eigenvalue weighted by molar-refractivity contribution is 0.00653. The van der Waals surface area contributed by atoms with Crippen molar-refractivity contribution >= 4 is 6.09 Å². The van der Waals surface area contributed by atoms with Gasteiger partial charge in [-0.3, -0.25) is 0 Å². The summed E-state index contributed by atoms with van der Waals surface area (Å²) < 4.78 is 5.52. The van der Waals surface area contributed by atoms with E-state index in [-0.39, 0.29) is 23.6 Å². The van der Waals surface area contributed by atoms with Crippen molar-refractivity contribution in [2.75, 3.05) is 13.1 Å². The van der Waals surface area contributed by atoms with Gasteiger partial charge in [-0.1, -0.05) is 13.8 Å². The fraction of sp³-hybridized carbons (Fsp3) is 0.889. The Morgan fingerprint density at radius 3 is 2.57 bits per heavy atom. The Hall–Kier alpha value is -1.28. The van der Waals surface area contributed by atoms with Crippen LogP contribution in [0.15, 0.2) is 0 Å². The number of amides is 1. The predicted molar refractivity (Wildman–Crippen MR) is 92.1 cm³/mol. The molecule has 23 heavy (non-hydrogen) atoms. The number of carbonyl (C=O) groups is 1. The first-order valence-corrected chi connectivity index (χ1v) is 8.66. The Balaban J connectivity index is 2.58. The molecule has 2 unspecified atom stereocenters. The van der Waals surface area contributed by atoms with Crippen LogP contribution < -0.4 is 5.32 Å². The highest BCUT2D eigenvalue weighted by Crippen LogP contribution is 2.24. The van der Waals surface area contributed by atoms with Gasteiger partial charge in [0.1, 0.15) is 5.60 Å². The summed E-state index contributed by atoms with van der Waals surface area (Å²) in [7, 11) is 0. The van der Waals surface area contributed by atoms with E-state index in [1.807, 2.05) is 25.7 Å². The van der Waals surface area contributed by atoms with E-state index in [2.05, 4.69) is 32.2 Å². The van der Waals surface area contributed by atoms with Crippen LogP contribution in [-0.4, -0.2) is 41.8 Å². The van der Waals surface area contributed by atoms with E-state index in [4.69, 9.17) is 10.00 Å². The van der Waals surface area contributed by atoms with Crippen molar-refractivity contribution in [3.63, 3.8) is 0 Å². The summed E-state index contributed by atoms with van der Waals surface area (Å²) in [4.78, 5) is 14.2. The van der Waals surface area contributed by atoms with Crippen molar-refractivity contribution in [1.29, 1.82) is 5.26 Å². The van der Waals surface area contributed by atoms with Gasteiger partial charge in [0.05, 0.1) is 6.07 Å². The minimum atomic E-state index is -0.462. The number of hydrogen-bond acceptors (Lipinski definition) is 4. The molecule has 0 aromatic heterocycles. The number of nitriles is 1. The summed E-state index contributed by atoms with van der Waals surface area (Å²) in [5.41, 5.74) is -0.375. The van der Waals surface area contributed by atoms with Crippen LogP contribution in [0.25, 0.3) is 0 Å². The number of nitrogens with one attached hydrogen (secondary N) is 1. The first-order chi connectivity index (χ1) is 10.6. The number of nitrogens with zero attached hydrogens (tertiary/aromatic N) is 2. The van der Waals surface area contributed by atoms with Crippen LogP contribution in [-0.2, 0) is 4.74 Å². The Morgan fingerprint density at radius 2 is 2.00 bits per heavy atom. The largest absolute Gasteiger partial charge is 0.444 e. The summed E-state index contributed by atoms with van der Waals surface area (Å²) in [6.45, 7) is 13.7. The molecule has 5 nitrogen and oxygen atoms in total. The number of piperidine rings is 1. The van der Waals surface area contributed by atoms with Crippen molar-refractivity contribution < 1.29 is 9.53 Å². The number of ether oxygens (including phenoxy) is 1.